The van der Waals surface area contributed by atoms with E-state index in [0.717, 1.165) is 0 Å². The van der Waals surface area contributed by atoms with E-state index in [0.29, 0.717) is 22.3 Å². The third kappa shape index (κ3) is 3.28. The fourth-order valence-corrected chi connectivity index (χ4v) is 2.00. The van der Waals surface area contributed by atoms with Crippen molar-refractivity contribution in [3.63, 3.8) is 0 Å². The summed E-state index contributed by atoms with van der Waals surface area (Å²) >= 11 is 0. The first-order chi connectivity index (χ1) is 10.2. The molecule has 0 heterocycles. The smallest absolute Gasteiger partial charge is 0.338 e. The van der Waals surface area contributed by atoms with Gasteiger partial charge >= 0.3 is 11.9 Å². The van der Waals surface area contributed by atoms with Gasteiger partial charge in [0.1, 0.15) is 0 Å². The third-order valence-corrected chi connectivity index (χ3v) is 3.04. The summed E-state index contributed by atoms with van der Waals surface area (Å²) in [6.07, 6.45) is 1.76. The number of benzene rings is 2. The van der Waals surface area contributed by atoms with Gasteiger partial charge in [0.15, 0.2) is 0 Å². The molecule has 2 aromatic rings. The molecular weight excluding hydrogens is 268 g/mol. The van der Waals surface area contributed by atoms with Crippen molar-refractivity contribution in [1.82, 2.24) is 0 Å². The van der Waals surface area contributed by atoms with Gasteiger partial charge in [-0.05, 0) is 23.3 Å². The van der Waals surface area contributed by atoms with Gasteiger partial charge in [0.2, 0.25) is 0 Å². The van der Waals surface area contributed by atoms with Gasteiger partial charge in [-0.3, -0.25) is 0 Å². The van der Waals surface area contributed by atoms with Crippen LogP contribution in [0.25, 0.3) is 0 Å². The fourth-order valence-electron chi connectivity index (χ4n) is 2.00. The van der Waals surface area contributed by atoms with Gasteiger partial charge in [0.05, 0.1) is 25.3 Å². The second kappa shape index (κ2) is 6.70. The van der Waals surface area contributed by atoms with E-state index >= 15 is 0 Å². The highest BCUT2D eigenvalue weighted by Crippen LogP contribution is 2.20. The largest absolute Gasteiger partial charge is 0.465 e. The van der Waals surface area contributed by atoms with Gasteiger partial charge in [-0.2, -0.15) is 0 Å². The molecule has 0 aliphatic heterocycles. The summed E-state index contributed by atoms with van der Waals surface area (Å²) in [5, 5.41) is 0. The maximum Gasteiger partial charge on any atom is 0.338 e. The van der Waals surface area contributed by atoms with Gasteiger partial charge in [0.25, 0.3) is 0 Å². The Hall–Kier alpha value is -2.62. The number of rotatable bonds is 4. The number of esters is 2. The highest BCUT2D eigenvalue weighted by molar-refractivity contribution is 5.94. The lowest BCUT2D eigenvalue weighted by molar-refractivity contribution is 0.0592. The molecule has 4 nitrogen and oxygen atoms in total. The van der Waals surface area contributed by atoms with Crippen molar-refractivity contribution in [2.75, 3.05) is 14.2 Å². The summed E-state index contributed by atoms with van der Waals surface area (Å²) in [4.78, 5) is 23.5. The molecule has 2 rings (SSSR count). The molecule has 1 radical (unpaired) electrons. The first-order valence-electron chi connectivity index (χ1n) is 6.37. The molecule has 0 saturated heterocycles. The molecule has 0 amide bonds. The lowest BCUT2D eigenvalue weighted by Crippen LogP contribution is -2.08. The van der Waals surface area contributed by atoms with Crippen LogP contribution < -0.4 is 0 Å². The number of methoxy groups -OCH3 is 2. The van der Waals surface area contributed by atoms with Gasteiger partial charge in [-0.15, -0.1) is 0 Å². The van der Waals surface area contributed by atoms with E-state index in [1.54, 1.807) is 42.8 Å². The van der Waals surface area contributed by atoms with Gasteiger partial charge < -0.3 is 9.47 Å². The summed E-state index contributed by atoms with van der Waals surface area (Å²) in [6, 6.07) is 14.1. The van der Waals surface area contributed by atoms with Crippen LogP contribution in [0.5, 0.6) is 0 Å². The predicted octanol–water partition coefficient (Wildman–Crippen LogP) is 2.86. The van der Waals surface area contributed by atoms with E-state index in [1.165, 1.54) is 14.2 Å². The van der Waals surface area contributed by atoms with Crippen LogP contribution in [0.15, 0.2) is 48.5 Å². The summed E-state index contributed by atoms with van der Waals surface area (Å²) < 4.78 is 9.53. The van der Waals surface area contributed by atoms with Crippen LogP contribution in [0.3, 0.4) is 0 Å². The first-order valence-corrected chi connectivity index (χ1v) is 6.37. The average Bonchev–Trinajstić information content (AvgIpc) is 2.54. The predicted molar refractivity (Wildman–Crippen MR) is 78.1 cm³/mol. The molecule has 0 unspecified atom stereocenters. The zero-order valence-electron chi connectivity index (χ0n) is 11.8. The topological polar surface area (TPSA) is 52.6 Å². The van der Waals surface area contributed by atoms with Gasteiger partial charge in [-0.25, -0.2) is 9.59 Å². The number of carbonyl (C=O) groups is 2. The van der Waals surface area contributed by atoms with Crippen molar-refractivity contribution >= 4 is 11.9 Å². The Labute approximate surface area is 123 Å². The lowest BCUT2D eigenvalue weighted by atomic mass is 9.96. The Bertz CT molecular complexity index is 604. The van der Waals surface area contributed by atoms with Crippen molar-refractivity contribution in [3.8, 4) is 0 Å². The van der Waals surface area contributed by atoms with E-state index in [4.69, 9.17) is 9.47 Å². The van der Waals surface area contributed by atoms with E-state index < -0.39 is 11.9 Å². The molecule has 4 heteroatoms. The molecule has 0 bridgehead atoms. The molecule has 107 valence electrons. The number of hydrogen-bond donors (Lipinski definition) is 0. The van der Waals surface area contributed by atoms with Crippen LogP contribution in [-0.2, 0) is 9.47 Å². The van der Waals surface area contributed by atoms with Crippen molar-refractivity contribution in [2.24, 2.45) is 0 Å². The van der Waals surface area contributed by atoms with Gasteiger partial charge in [-0.1, -0.05) is 36.4 Å². The minimum absolute atomic E-state index is 0.419. The molecule has 0 fully saturated rings. The highest BCUT2D eigenvalue weighted by Gasteiger charge is 2.15. The Morgan fingerprint density at radius 3 is 1.52 bits per heavy atom. The molecule has 0 aliphatic carbocycles. The SMILES string of the molecule is COC(=O)c1ccccc1[CH]c1ccccc1C(=O)OC. The second-order valence-corrected chi connectivity index (χ2v) is 4.30. The van der Waals surface area contributed by atoms with Crippen LogP contribution in [0.4, 0.5) is 0 Å². The molecule has 0 spiro atoms. The number of carbonyl (C=O) groups excluding carboxylic acids is 2. The van der Waals surface area contributed by atoms with Crippen LogP contribution >= 0.6 is 0 Å². The van der Waals surface area contributed by atoms with E-state index in [2.05, 4.69) is 0 Å². The second-order valence-electron chi connectivity index (χ2n) is 4.30. The molecule has 0 N–H and O–H groups in total. The van der Waals surface area contributed by atoms with Crippen LogP contribution in [0.1, 0.15) is 31.8 Å². The third-order valence-electron chi connectivity index (χ3n) is 3.04. The Morgan fingerprint density at radius 2 is 1.14 bits per heavy atom. The molecule has 21 heavy (non-hydrogen) atoms. The van der Waals surface area contributed by atoms with Crippen LogP contribution in [-0.4, -0.2) is 26.2 Å². The lowest BCUT2D eigenvalue weighted by Gasteiger charge is -2.10. The van der Waals surface area contributed by atoms with Gasteiger partial charge in [0, 0.05) is 6.42 Å². The number of ether oxygens (including phenoxy) is 2. The number of hydrogen-bond acceptors (Lipinski definition) is 4. The summed E-state index contributed by atoms with van der Waals surface area (Å²) in [5.74, 6) is -0.838. The summed E-state index contributed by atoms with van der Waals surface area (Å²) in [5.41, 5.74) is 2.25. The molecule has 2 aromatic carbocycles. The minimum Gasteiger partial charge on any atom is -0.465 e. The van der Waals surface area contributed by atoms with Crippen molar-refractivity contribution in [3.05, 3.63) is 77.2 Å². The first kappa shape index (κ1) is 14.8. The van der Waals surface area contributed by atoms with Crippen molar-refractivity contribution < 1.29 is 19.1 Å². The molecule has 0 aliphatic rings. The normalized spacial score (nSPS) is 10.0. The maximum absolute atomic E-state index is 11.8. The molecular formula is C17H15O4. The Balaban J connectivity index is 2.40. The zero-order valence-corrected chi connectivity index (χ0v) is 11.8. The van der Waals surface area contributed by atoms with Crippen LogP contribution in [0.2, 0.25) is 0 Å². The Kier molecular flexibility index (Phi) is 4.72. The quantitative estimate of drug-likeness (QED) is 0.810. The summed E-state index contributed by atoms with van der Waals surface area (Å²) in [6.45, 7) is 0. The molecule has 0 atom stereocenters. The Morgan fingerprint density at radius 1 is 0.762 bits per heavy atom. The molecule has 0 aromatic heterocycles. The zero-order chi connectivity index (χ0) is 15.2. The minimum atomic E-state index is -0.419. The standard InChI is InChI=1S/C17H15O4/c1-20-16(18)14-9-5-3-7-12(14)11-13-8-4-6-10-15(13)17(19)21-2/h3-11H,1-2H3. The fraction of sp³-hybridized carbons (Fsp3) is 0.118. The monoisotopic (exact) mass is 283 g/mol. The summed E-state index contributed by atoms with van der Waals surface area (Å²) in [7, 11) is 2.67. The average molecular weight is 283 g/mol. The highest BCUT2D eigenvalue weighted by atomic mass is 16.5. The van der Waals surface area contributed by atoms with Crippen LogP contribution in [0, 0.1) is 6.42 Å². The van der Waals surface area contributed by atoms with E-state index in [-0.39, 0.29) is 0 Å². The van der Waals surface area contributed by atoms with E-state index in [1.807, 2.05) is 12.1 Å². The van der Waals surface area contributed by atoms with Crippen molar-refractivity contribution in [1.29, 1.82) is 0 Å². The van der Waals surface area contributed by atoms with Crippen molar-refractivity contribution in [2.45, 2.75) is 0 Å². The molecule has 0 saturated carbocycles. The van der Waals surface area contributed by atoms with E-state index in [9.17, 15) is 9.59 Å². The maximum atomic E-state index is 11.8.